The zero-order valence-electron chi connectivity index (χ0n) is 14.9. The van der Waals surface area contributed by atoms with E-state index in [2.05, 4.69) is 10.3 Å². The number of anilines is 1. The van der Waals surface area contributed by atoms with Crippen molar-refractivity contribution in [1.82, 2.24) is 4.98 Å². The van der Waals surface area contributed by atoms with E-state index in [4.69, 9.17) is 0 Å². The number of aromatic amines is 1. The lowest BCUT2D eigenvalue weighted by Crippen LogP contribution is -2.32. The summed E-state index contributed by atoms with van der Waals surface area (Å²) in [5, 5.41) is 2.73. The molecule has 1 aromatic heterocycles. The minimum absolute atomic E-state index is 0.0370. The summed E-state index contributed by atoms with van der Waals surface area (Å²) in [5.41, 5.74) is 3.18. The molecule has 0 saturated heterocycles. The average Bonchev–Trinajstić information content (AvgIpc) is 2.49. The lowest BCUT2D eigenvalue weighted by Gasteiger charge is -2.29. The van der Waals surface area contributed by atoms with Crippen LogP contribution in [0.15, 0.2) is 29.1 Å². The fraction of sp³-hybridized carbons (Fsp3) is 0.350. The van der Waals surface area contributed by atoms with Crippen LogP contribution >= 0.6 is 0 Å². The van der Waals surface area contributed by atoms with Gasteiger partial charge >= 0.3 is 0 Å². The molecule has 3 rings (SSSR count). The van der Waals surface area contributed by atoms with Crippen molar-refractivity contribution in [2.45, 2.75) is 40.5 Å². The minimum atomic E-state index is -0.509. The lowest BCUT2D eigenvalue weighted by molar-refractivity contribution is 0.0910. The highest BCUT2D eigenvalue weighted by atomic mass is 16.2. The van der Waals surface area contributed by atoms with Gasteiger partial charge in [0, 0.05) is 23.4 Å². The predicted octanol–water partition coefficient (Wildman–Crippen LogP) is 3.40. The first-order valence-corrected chi connectivity index (χ1v) is 8.34. The second kappa shape index (κ2) is 5.99. The Morgan fingerprint density at radius 1 is 1.08 bits per heavy atom. The summed E-state index contributed by atoms with van der Waals surface area (Å²) < 4.78 is 0. The predicted molar refractivity (Wildman–Crippen MR) is 97.4 cm³/mol. The van der Waals surface area contributed by atoms with Gasteiger partial charge in [-0.15, -0.1) is 0 Å². The van der Waals surface area contributed by atoms with E-state index in [1.807, 2.05) is 39.8 Å². The Bertz CT molecular complexity index is 938. The topological polar surface area (TPSA) is 79.0 Å². The molecule has 0 aliphatic heterocycles. The van der Waals surface area contributed by atoms with E-state index >= 15 is 0 Å². The summed E-state index contributed by atoms with van der Waals surface area (Å²) >= 11 is 0. The molecular weight excluding hydrogens is 316 g/mol. The number of pyridine rings is 1. The van der Waals surface area contributed by atoms with Crippen LogP contribution in [0.4, 0.5) is 5.69 Å². The van der Waals surface area contributed by atoms with E-state index < -0.39 is 11.5 Å². The van der Waals surface area contributed by atoms with Crippen LogP contribution in [0.1, 0.15) is 57.8 Å². The molecule has 1 aliphatic rings. The molecule has 0 radical (unpaired) electrons. The number of carbonyl (C=O) groups excluding carboxylic acids is 2. The maximum atomic E-state index is 12.5. The summed E-state index contributed by atoms with van der Waals surface area (Å²) in [5.74, 6) is -0.548. The SMILES string of the molecule is Cc1ccc(NC(=O)c2cc3c([nH]c2=O)CC(C)(C)CC3=O)cc1C. The third-order valence-corrected chi connectivity index (χ3v) is 4.73. The van der Waals surface area contributed by atoms with Gasteiger partial charge < -0.3 is 10.3 Å². The number of benzene rings is 1. The molecule has 0 spiro atoms. The highest BCUT2D eigenvalue weighted by Gasteiger charge is 2.32. The number of amides is 1. The van der Waals surface area contributed by atoms with Crippen molar-refractivity contribution in [2.75, 3.05) is 5.32 Å². The molecule has 130 valence electrons. The van der Waals surface area contributed by atoms with Gasteiger partial charge in [0.25, 0.3) is 11.5 Å². The molecule has 1 aromatic carbocycles. The van der Waals surface area contributed by atoms with Gasteiger partial charge in [-0.3, -0.25) is 14.4 Å². The molecule has 1 aliphatic carbocycles. The molecule has 0 unspecified atom stereocenters. The molecule has 1 heterocycles. The Hall–Kier alpha value is -2.69. The van der Waals surface area contributed by atoms with Crippen molar-refractivity contribution in [2.24, 2.45) is 5.41 Å². The number of hydrogen-bond acceptors (Lipinski definition) is 3. The molecule has 5 nitrogen and oxygen atoms in total. The molecule has 2 aromatic rings. The van der Waals surface area contributed by atoms with Crippen LogP contribution in [-0.4, -0.2) is 16.7 Å². The van der Waals surface area contributed by atoms with Crippen LogP contribution in [-0.2, 0) is 6.42 Å². The minimum Gasteiger partial charge on any atom is -0.325 e. The first-order chi connectivity index (χ1) is 11.7. The third kappa shape index (κ3) is 3.40. The van der Waals surface area contributed by atoms with Gasteiger partial charge in [0.15, 0.2) is 5.78 Å². The molecule has 2 N–H and O–H groups in total. The second-order valence-corrected chi connectivity index (χ2v) is 7.60. The second-order valence-electron chi connectivity index (χ2n) is 7.60. The fourth-order valence-electron chi connectivity index (χ4n) is 3.21. The van der Waals surface area contributed by atoms with Crippen LogP contribution in [0.5, 0.6) is 0 Å². The van der Waals surface area contributed by atoms with E-state index in [1.165, 1.54) is 6.07 Å². The van der Waals surface area contributed by atoms with Gasteiger partial charge in [-0.05, 0) is 55.0 Å². The summed E-state index contributed by atoms with van der Waals surface area (Å²) in [6, 6.07) is 6.99. The van der Waals surface area contributed by atoms with E-state index in [9.17, 15) is 14.4 Å². The van der Waals surface area contributed by atoms with E-state index in [0.29, 0.717) is 29.8 Å². The highest BCUT2D eigenvalue weighted by molar-refractivity contribution is 6.06. The van der Waals surface area contributed by atoms with E-state index in [1.54, 1.807) is 6.07 Å². The number of hydrogen-bond donors (Lipinski definition) is 2. The van der Waals surface area contributed by atoms with Gasteiger partial charge in [0.05, 0.1) is 0 Å². The average molecular weight is 338 g/mol. The number of H-pyrrole nitrogens is 1. The Kier molecular flexibility index (Phi) is 4.11. The van der Waals surface area contributed by atoms with Gasteiger partial charge in [-0.1, -0.05) is 19.9 Å². The molecule has 0 atom stereocenters. The summed E-state index contributed by atoms with van der Waals surface area (Å²) in [7, 11) is 0. The zero-order valence-corrected chi connectivity index (χ0v) is 14.9. The molecule has 0 saturated carbocycles. The summed E-state index contributed by atoms with van der Waals surface area (Å²) in [6.07, 6.45) is 1.02. The van der Waals surface area contributed by atoms with Crippen molar-refractivity contribution in [3.05, 3.63) is 62.6 Å². The van der Waals surface area contributed by atoms with Crippen molar-refractivity contribution in [3.8, 4) is 0 Å². The van der Waals surface area contributed by atoms with Crippen LogP contribution in [0.2, 0.25) is 0 Å². The Morgan fingerprint density at radius 3 is 2.48 bits per heavy atom. The normalized spacial score (nSPS) is 15.6. The molecule has 25 heavy (non-hydrogen) atoms. The Balaban J connectivity index is 1.94. The number of fused-ring (bicyclic) bond motifs is 1. The smallest absolute Gasteiger partial charge is 0.261 e. The number of aromatic nitrogens is 1. The van der Waals surface area contributed by atoms with Crippen LogP contribution < -0.4 is 10.9 Å². The van der Waals surface area contributed by atoms with Crippen molar-refractivity contribution >= 4 is 17.4 Å². The third-order valence-electron chi connectivity index (χ3n) is 4.73. The fourth-order valence-corrected chi connectivity index (χ4v) is 3.21. The Labute approximate surface area is 146 Å². The quantitative estimate of drug-likeness (QED) is 0.881. The molecular formula is C20H22N2O3. The maximum Gasteiger partial charge on any atom is 0.261 e. The standard InChI is InChI=1S/C20H22N2O3/c1-11-5-6-13(7-12(11)2)21-18(24)15-8-14-16(22-19(15)25)9-20(3,4)10-17(14)23/h5-8H,9-10H2,1-4H3,(H,21,24)(H,22,25). The van der Waals surface area contributed by atoms with Crippen molar-refractivity contribution in [3.63, 3.8) is 0 Å². The number of Topliss-reactive ketones (excluding diaryl/α,β-unsaturated/α-hetero) is 1. The number of aryl methyl sites for hydroxylation is 2. The van der Waals surface area contributed by atoms with E-state index in [0.717, 1.165) is 11.1 Å². The molecule has 1 amide bonds. The number of carbonyl (C=O) groups is 2. The van der Waals surface area contributed by atoms with E-state index in [-0.39, 0.29) is 16.8 Å². The first-order valence-electron chi connectivity index (χ1n) is 8.34. The number of ketones is 1. The molecule has 0 fully saturated rings. The van der Waals surface area contributed by atoms with Crippen molar-refractivity contribution in [1.29, 1.82) is 0 Å². The van der Waals surface area contributed by atoms with Crippen molar-refractivity contribution < 1.29 is 9.59 Å². The van der Waals surface area contributed by atoms with Gasteiger partial charge in [0.2, 0.25) is 0 Å². The lowest BCUT2D eigenvalue weighted by atomic mass is 9.75. The summed E-state index contributed by atoms with van der Waals surface area (Å²) in [6.45, 7) is 7.93. The van der Waals surface area contributed by atoms with Crippen LogP contribution in [0.3, 0.4) is 0 Å². The number of rotatable bonds is 2. The maximum absolute atomic E-state index is 12.5. The number of nitrogens with one attached hydrogen (secondary N) is 2. The first kappa shape index (κ1) is 17.1. The van der Waals surface area contributed by atoms with Gasteiger partial charge in [0.1, 0.15) is 5.56 Å². The largest absolute Gasteiger partial charge is 0.325 e. The Morgan fingerprint density at radius 2 is 1.80 bits per heavy atom. The van der Waals surface area contributed by atoms with Crippen LogP contribution in [0, 0.1) is 19.3 Å². The highest BCUT2D eigenvalue weighted by Crippen LogP contribution is 2.33. The summed E-state index contributed by atoms with van der Waals surface area (Å²) in [4.78, 5) is 39.9. The monoisotopic (exact) mass is 338 g/mol. The van der Waals surface area contributed by atoms with Gasteiger partial charge in [-0.25, -0.2) is 0 Å². The molecule has 0 bridgehead atoms. The zero-order chi connectivity index (χ0) is 18.4. The van der Waals surface area contributed by atoms with Crippen LogP contribution in [0.25, 0.3) is 0 Å². The molecule has 5 heteroatoms. The van der Waals surface area contributed by atoms with Gasteiger partial charge in [-0.2, -0.15) is 0 Å².